The van der Waals surface area contributed by atoms with Gasteiger partial charge in [-0.05, 0) is 34.0 Å². The summed E-state index contributed by atoms with van der Waals surface area (Å²) in [6, 6.07) is 5.47. The van der Waals surface area contributed by atoms with Gasteiger partial charge in [0.1, 0.15) is 23.5 Å². The summed E-state index contributed by atoms with van der Waals surface area (Å²) >= 11 is 3.35. The van der Waals surface area contributed by atoms with Gasteiger partial charge in [-0.2, -0.15) is 0 Å². The van der Waals surface area contributed by atoms with E-state index in [1.807, 2.05) is 12.1 Å². The Balaban J connectivity index is 2.36. The van der Waals surface area contributed by atoms with E-state index in [9.17, 15) is 0 Å². The highest BCUT2D eigenvalue weighted by Gasteiger charge is 2.00. The maximum absolute atomic E-state index is 5.19. The maximum Gasteiger partial charge on any atom is 0.131 e. The fourth-order valence-corrected chi connectivity index (χ4v) is 1.74. The Hall–Kier alpha value is -2.06. The molecule has 5 heteroatoms. The molecule has 0 saturated carbocycles. The molecular weight excluding hydrogens is 308 g/mol. The van der Waals surface area contributed by atoms with E-state index >= 15 is 0 Å². The van der Waals surface area contributed by atoms with E-state index in [1.54, 1.807) is 26.5 Å². The van der Waals surface area contributed by atoms with Crippen LogP contribution in [0.1, 0.15) is 11.3 Å². The van der Waals surface area contributed by atoms with E-state index in [0.717, 1.165) is 10.0 Å². The fraction of sp³-hybridized carbons (Fsp3) is 0.143. The molecule has 2 aromatic rings. The Kier molecular flexibility index (Phi) is 4.37. The number of halogens is 1. The van der Waals surface area contributed by atoms with E-state index in [4.69, 9.17) is 9.47 Å². The summed E-state index contributed by atoms with van der Waals surface area (Å²) < 4.78 is 11.1. The summed E-state index contributed by atoms with van der Waals surface area (Å²) in [6.07, 6.45) is 3.12. The maximum atomic E-state index is 5.19. The summed E-state index contributed by atoms with van der Waals surface area (Å²) in [5.74, 6) is 7.39. The summed E-state index contributed by atoms with van der Waals surface area (Å²) in [5.41, 5.74) is 1.43. The first kappa shape index (κ1) is 13.4. The van der Waals surface area contributed by atoms with Gasteiger partial charge in [0.05, 0.1) is 18.7 Å². The molecule has 0 spiro atoms. The lowest BCUT2D eigenvalue weighted by Gasteiger charge is -2.04. The smallest absolute Gasteiger partial charge is 0.131 e. The Morgan fingerprint density at radius 2 is 1.74 bits per heavy atom. The van der Waals surface area contributed by atoms with E-state index in [2.05, 4.69) is 37.7 Å². The van der Waals surface area contributed by atoms with E-state index in [0.29, 0.717) is 17.2 Å². The molecule has 1 heterocycles. The van der Waals surface area contributed by atoms with Crippen molar-refractivity contribution < 1.29 is 9.47 Å². The number of hydrogen-bond donors (Lipinski definition) is 0. The second-order valence-corrected chi connectivity index (χ2v) is 4.42. The third kappa shape index (κ3) is 3.46. The lowest BCUT2D eigenvalue weighted by molar-refractivity contribution is 0.394. The summed E-state index contributed by atoms with van der Waals surface area (Å²) in [6.45, 7) is 0. The highest BCUT2D eigenvalue weighted by Crippen LogP contribution is 2.22. The van der Waals surface area contributed by atoms with Crippen molar-refractivity contribution in [3.05, 3.63) is 46.5 Å². The van der Waals surface area contributed by atoms with Gasteiger partial charge in [-0.15, -0.1) is 0 Å². The zero-order valence-corrected chi connectivity index (χ0v) is 12.1. The van der Waals surface area contributed by atoms with Gasteiger partial charge >= 0.3 is 0 Å². The molecule has 0 unspecified atom stereocenters. The van der Waals surface area contributed by atoms with Crippen molar-refractivity contribution in [1.82, 2.24) is 9.97 Å². The lowest BCUT2D eigenvalue weighted by atomic mass is 10.2. The van der Waals surface area contributed by atoms with Crippen molar-refractivity contribution in [2.45, 2.75) is 0 Å². The predicted octanol–water partition coefficient (Wildman–Crippen LogP) is 2.66. The largest absolute Gasteiger partial charge is 0.497 e. The molecular formula is C14H11BrN2O2. The van der Waals surface area contributed by atoms with Crippen LogP contribution in [0.2, 0.25) is 0 Å². The van der Waals surface area contributed by atoms with E-state index in [-0.39, 0.29) is 0 Å². The molecule has 1 aromatic heterocycles. The molecule has 1 aromatic carbocycles. The van der Waals surface area contributed by atoms with Gasteiger partial charge in [0.25, 0.3) is 0 Å². The minimum Gasteiger partial charge on any atom is -0.497 e. The Bertz CT molecular complexity index is 625. The van der Waals surface area contributed by atoms with Crippen LogP contribution in [0.4, 0.5) is 0 Å². The molecule has 0 aliphatic rings. The van der Waals surface area contributed by atoms with Crippen LogP contribution in [0.5, 0.6) is 11.5 Å². The van der Waals surface area contributed by atoms with Crippen LogP contribution in [-0.2, 0) is 0 Å². The van der Waals surface area contributed by atoms with Crippen LogP contribution in [0.3, 0.4) is 0 Å². The molecule has 2 rings (SSSR count). The SMILES string of the molecule is COc1cc(C#Cc2ncncc2Br)cc(OC)c1. The van der Waals surface area contributed by atoms with Gasteiger partial charge in [0.2, 0.25) is 0 Å². The standard InChI is InChI=1S/C14H11BrN2O2/c1-18-11-5-10(6-12(7-11)19-2)3-4-14-13(15)8-16-9-17-14/h5-9H,1-2H3. The van der Waals surface area contributed by atoms with Crippen LogP contribution in [0, 0.1) is 11.8 Å². The van der Waals surface area contributed by atoms with Crippen LogP contribution >= 0.6 is 15.9 Å². The van der Waals surface area contributed by atoms with Gasteiger partial charge in [0.15, 0.2) is 0 Å². The number of aromatic nitrogens is 2. The van der Waals surface area contributed by atoms with Crippen LogP contribution in [0.15, 0.2) is 35.2 Å². The topological polar surface area (TPSA) is 44.2 Å². The van der Waals surface area contributed by atoms with Gasteiger partial charge in [-0.25, -0.2) is 9.97 Å². The molecule has 0 N–H and O–H groups in total. The molecule has 96 valence electrons. The normalized spacial score (nSPS) is 9.42. The Labute approximate surface area is 119 Å². The molecule has 0 amide bonds. The van der Waals surface area contributed by atoms with Crippen molar-refractivity contribution in [1.29, 1.82) is 0 Å². The fourth-order valence-electron chi connectivity index (χ4n) is 1.42. The summed E-state index contributed by atoms with van der Waals surface area (Å²) in [7, 11) is 3.21. The first-order chi connectivity index (χ1) is 9.22. The number of nitrogens with zero attached hydrogens (tertiary/aromatic N) is 2. The van der Waals surface area contributed by atoms with Crippen molar-refractivity contribution in [2.75, 3.05) is 14.2 Å². The molecule has 0 aliphatic heterocycles. The van der Waals surface area contributed by atoms with E-state index in [1.165, 1.54) is 6.33 Å². The third-order valence-electron chi connectivity index (χ3n) is 2.34. The minimum atomic E-state index is 0.636. The summed E-state index contributed by atoms with van der Waals surface area (Å²) in [4.78, 5) is 7.97. The summed E-state index contributed by atoms with van der Waals surface area (Å²) in [5, 5.41) is 0. The lowest BCUT2D eigenvalue weighted by Crippen LogP contribution is -1.89. The second kappa shape index (κ2) is 6.21. The third-order valence-corrected chi connectivity index (χ3v) is 2.92. The number of rotatable bonds is 2. The number of hydrogen-bond acceptors (Lipinski definition) is 4. The van der Waals surface area contributed by atoms with Gasteiger partial charge in [-0.3, -0.25) is 0 Å². The molecule has 0 aliphatic carbocycles. The van der Waals surface area contributed by atoms with Gasteiger partial charge in [0, 0.05) is 17.8 Å². The average Bonchev–Trinajstić information content (AvgIpc) is 2.46. The first-order valence-corrected chi connectivity index (χ1v) is 6.23. The number of methoxy groups -OCH3 is 2. The quantitative estimate of drug-likeness (QED) is 0.798. The van der Waals surface area contributed by atoms with Gasteiger partial charge < -0.3 is 9.47 Å². The van der Waals surface area contributed by atoms with E-state index < -0.39 is 0 Å². The zero-order valence-electron chi connectivity index (χ0n) is 10.5. The highest BCUT2D eigenvalue weighted by atomic mass is 79.9. The monoisotopic (exact) mass is 318 g/mol. The first-order valence-electron chi connectivity index (χ1n) is 5.43. The average molecular weight is 319 g/mol. The Morgan fingerprint density at radius 1 is 1.05 bits per heavy atom. The highest BCUT2D eigenvalue weighted by molar-refractivity contribution is 9.10. The van der Waals surface area contributed by atoms with Crippen LogP contribution in [-0.4, -0.2) is 24.2 Å². The van der Waals surface area contributed by atoms with Crippen molar-refractivity contribution in [3.63, 3.8) is 0 Å². The van der Waals surface area contributed by atoms with Crippen LogP contribution in [0.25, 0.3) is 0 Å². The molecule has 19 heavy (non-hydrogen) atoms. The molecule has 4 nitrogen and oxygen atoms in total. The Morgan fingerprint density at radius 3 is 2.32 bits per heavy atom. The van der Waals surface area contributed by atoms with Crippen molar-refractivity contribution in [2.24, 2.45) is 0 Å². The minimum absolute atomic E-state index is 0.636. The zero-order chi connectivity index (χ0) is 13.7. The van der Waals surface area contributed by atoms with Crippen molar-refractivity contribution in [3.8, 4) is 23.3 Å². The molecule has 0 radical (unpaired) electrons. The van der Waals surface area contributed by atoms with Crippen molar-refractivity contribution >= 4 is 15.9 Å². The second-order valence-electron chi connectivity index (χ2n) is 3.57. The van der Waals surface area contributed by atoms with Crippen LogP contribution < -0.4 is 9.47 Å². The molecule has 0 saturated heterocycles. The molecule has 0 atom stereocenters. The van der Waals surface area contributed by atoms with Gasteiger partial charge in [-0.1, -0.05) is 5.92 Å². The predicted molar refractivity (Wildman–Crippen MR) is 75.3 cm³/mol. The molecule has 0 bridgehead atoms. The molecule has 0 fully saturated rings. The number of benzene rings is 1. The number of ether oxygens (including phenoxy) is 2.